The first-order valence-electron chi connectivity index (χ1n) is 5.68. The number of benzene rings is 1. The van der Waals surface area contributed by atoms with Gasteiger partial charge in [0.2, 0.25) is 0 Å². The van der Waals surface area contributed by atoms with Crippen molar-refractivity contribution in [3.05, 3.63) is 65.0 Å². The molecule has 3 nitrogen and oxygen atoms in total. The third kappa shape index (κ3) is 1.37. The Morgan fingerprint density at radius 2 is 1.78 bits per heavy atom. The van der Waals surface area contributed by atoms with E-state index in [2.05, 4.69) is 4.98 Å². The molecule has 1 aromatic carbocycles. The van der Waals surface area contributed by atoms with Gasteiger partial charge in [-0.25, -0.2) is 0 Å². The SMILES string of the molecule is Cc1cnccc1C1=C(O)c2ccccc2C1=O. The van der Waals surface area contributed by atoms with E-state index in [9.17, 15) is 9.90 Å². The molecule has 1 aliphatic carbocycles. The Balaban J connectivity index is 2.25. The van der Waals surface area contributed by atoms with Gasteiger partial charge in [0.05, 0.1) is 5.57 Å². The Labute approximate surface area is 104 Å². The summed E-state index contributed by atoms with van der Waals surface area (Å²) >= 11 is 0. The van der Waals surface area contributed by atoms with Gasteiger partial charge < -0.3 is 5.11 Å². The molecule has 0 amide bonds. The van der Waals surface area contributed by atoms with Crippen LogP contribution in [0.5, 0.6) is 0 Å². The number of hydrogen-bond acceptors (Lipinski definition) is 3. The van der Waals surface area contributed by atoms with Gasteiger partial charge in [-0.1, -0.05) is 24.3 Å². The number of hydrogen-bond donors (Lipinski definition) is 1. The average Bonchev–Trinajstić information content (AvgIpc) is 2.64. The Morgan fingerprint density at radius 3 is 2.44 bits per heavy atom. The fourth-order valence-corrected chi connectivity index (χ4v) is 2.27. The molecule has 0 aliphatic heterocycles. The highest BCUT2D eigenvalue weighted by Crippen LogP contribution is 2.37. The molecule has 0 fully saturated rings. The lowest BCUT2D eigenvalue weighted by Crippen LogP contribution is -2.00. The maximum Gasteiger partial charge on any atom is 0.198 e. The number of carbonyl (C=O) groups excluding carboxylic acids is 1. The van der Waals surface area contributed by atoms with Gasteiger partial charge in [0.25, 0.3) is 0 Å². The number of fused-ring (bicyclic) bond motifs is 1. The van der Waals surface area contributed by atoms with Crippen molar-refractivity contribution in [2.24, 2.45) is 0 Å². The number of aromatic nitrogens is 1. The first-order chi connectivity index (χ1) is 8.70. The van der Waals surface area contributed by atoms with E-state index in [0.29, 0.717) is 16.7 Å². The van der Waals surface area contributed by atoms with Gasteiger partial charge in [0, 0.05) is 23.5 Å². The largest absolute Gasteiger partial charge is 0.507 e. The predicted octanol–water partition coefficient (Wildman–Crippen LogP) is 3.01. The number of Topliss-reactive ketones (excluding diaryl/α,β-unsaturated/α-hetero) is 1. The summed E-state index contributed by atoms with van der Waals surface area (Å²) in [4.78, 5) is 16.3. The van der Waals surface area contributed by atoms with Crippen molar-refractivity contribution in [1.29, 1.82) is 0 Å². The summed E-state index contributed by atoms with van der Waals surface area (Å²) < 4.78 is 0. The second-order valence-electron chi connectivity index (χ2n) is 4.29. The Hall–Kier alpha value is -2.42. The molecule has 3 rings (SSSR count). The number of aliphatic hydroxyl groups is 1. The van der Waals surface area contributed by atoms with Crippen LogP contribution in [0, 0.1) is 6.92 Å². The predicted molar refractivity (Wildman–Crippen MR) is 69.2 cm³/mol. The van der Waals surface area contributed by atoms with Crippen molar-refractivity contribution in [3.63, 3.8) is 0 Å². The molecule has 0 atom stereocenters. The summed E-state index contributed by atoms with van der Waals surface area (Å²) in [5.74, 6) is -0.0673. The van der Waals surface area contributed by atoms with Crippen molar-refractivity contribution in [2.75, 3.05) is 0 Å². The number of ketones is 1. The second kappa shape index (κ2) is 3.81. The van der Waals surface area contributed by atoms with E-state index in [0.717, 1.165) is 11.1 Å². The Bertz CT molecular complexity index is 686. The van der Waals surface area contributed by atoms with Gasteiger partial charge >= 0.3 is 0 Å². The molecule has 1 aromatic heterocycles. The number of nitrogens with zero attached hydrogens (tertiary/aromatic N) is 1. The number of rotatable bonds is 1. The molecule has 0 unspecified atom stereocenters. The first kappa shape index (κ1) is 10.7. The number of allylic oxidation sites excluding steroid dienone is 1. The Morgan fingerprint density at radius 1 is 1.06 bits per heavy atom. The van der Waals surface area contributed by atoms with E-state index < -0.39 is 0 Å². The molecule has 88 valence electrons. The van der Waals surface area contributed by atoms with Gasteiger partial charge in [-0.05, 0) is 24.1 Å². The smallest absolute Gasteiger partial charge is 0.198 e. The van der Waals surface area contributed by atoms with Gasteiger partial charge in [0.1, 0.15) is 5.76 Å². The quantitative estimate of drug-likeness (QED) is 0.829. The molecule has 0 bridgehead atoms. The summed E-state index contributed by atoms with van der Waals surface area (Å²) in [5.41, 5.74) is 3.15. The molecule has 3 heteroatoms. The minimum atomic E-state index is -0.127. The van der Waals surface area contributed by atoms with Crippen LogP contribution in [0.25, 0.3) is 11.3 Å². The molecule has 0 spiro atoms. The Kier molecular flexibility index (Phi) is 2.27. The average molecular weight is 237 g/mol. The van der Waals surface area contributed by atoms with Crippen LogP contribution in [0.4, 0.5) is 0 Å². The summed E-state index contributed by atoms with van der Waals surface area (Å²) in [6, 6.07) is 8.85. The zero-order chi connectivity index (χ0) is 12.7. The van der Waals surface area contributed by atoms with Crippen LogP contribution in [0.2, 0.25) is 0 Å². The standard InChI is InChI=1S/C15H11NO2/c1-9-8-16-7-6-10(9)13-14(17)11-4-2-3-5-12(11)15(13)18/h2-8,17H,1H3. The zero-order valence-corrected chi connectivity index (χ0v) is 9.84. The second-order valence-corrected chi connectivity index (χ2v) is 4.29. The molecule has 18 heavy (non-hydrogen) atoms. The maximum absolute atomic E-state index is 12.3. The van der Waals surface area contributed by atoms with Crippen LogP contribution in [0.3, 0.4) is 0 Å². The fraction of sp³-hybridized carbons (Fsp3) is 0.0667. The molecule has 1 N–H and O–H groups in total. The van der Waals surface area contributed by atoms with E-state index in [-0.39, 0.29) is 11.5 Å². The summed E-state index contributed by atoms with van der Waals surface area (Å²) in [6.07, 6.45) is 3.31. The topological polar surface area (TPSA) is 50.2 Å². The fourth-order valence-electron chi connectivity index (χ4n) is 2.27. The number of aliphatic hydroxyl groups excluding tert-OH is 1. The minimum Gasteiger partial charge on any atom is -0.507 e. The summed E-state index contributed by atoms with van der Waals surface area (Å²) in [6.45, 7) is 1.87. The number of pyridine rings is 1. The first-order valence-corrected chi connectivity index (χ1v) is 5.68. The lowest BCUT2D eigenvalue weighted by molar-refractivity contribution is 0.105. The van der Waals surface area contributed by atoms with Gasteiger partial charge in [-0.3, -0.25) is 9.78 Å². The highest BCUT2D eigenvalue weighted by Gasteiger charge is 2.30. The van der Waals surface area contributed by atoms with Gasteiger partial charge in [-0.2, -0.15) is 0 Å². The van der Waals surface area contributed by atoms with Crippen LogP contribution in [-0.2, 0) is 0 Å². The molecule has 1 aliphatic rings. The summed E-state index contributed by atoms with van der Waals surface area (Å²) in [5, 5.41) is 10.2. The maximum atomic E-state index is 12.3. The van der Waals surface area contributed by atoms with Crippen molar-refractivity contribution in [3.8, 4) is 0 Å². The molecular weight excluding hydrogens is 226 g/mol. The zero-order valence-electron chi connectivity index (χ0n) is 9.84. The lowest BCUT2D eigenvalue weighted by Gasteiger charge is -2.05. The van der Waals surface area contributed by atoms with Crippen molar-refractivity contribution < 1.29 is 9.90 Å². The third-order valence-electron chi connectivity index (χ3n) is 3.18. The number of carbonyl (C=O) groups is 1. The van der Waals surface area contributed by atoms with E-state index in [1.54, 1.807) is 36.7 Å². The molecule has 1 heterocycles. The van der Waals surface area contributed by atoms with Crippen LogP contribution in [0.15, 0.2) is 42.7 Å². The van der Waals surface area contributed by atoms with Crippen LogP contribution in [0.1, 0.15) is 27.0 Å². The molecule has 2 aromatic rings. The molecular formula is C15H11NO2. The van der Waals surface area contributed by atoms with Gasteiger partial charge in [-0.15, -0.1) is 0 Å². The highest BCUT2D eigenvalue weighted by molar-refractivity contribution is 6.39. The highest BCUT2D eigenvalue weighted by atomic mass is 16.3. The van der Waals surface area contributed by atoms with E-state index >= 15 is 0 Å². The summed E-state index contributed by atoms with van der Waals surface area (Å²) in [7, 11) is 0. The van der Waals surface area contributed by atoms with Crippen LogP contribution >= 0.6 is 0 Å². The number of aryl methyl sites for hydroxylation is 1. The minimum absolute atomic E-state index is 0.0601. The molecule has 0 saturated carbocycles. The van der Waals surface area contributed by atoms with E-state index in [1.807, 2.05) is 13.0 Å². The monoisotopic (exact) mass is 237 g/mol. The molecule has 0 saturated heterocycles. The van der Waals surface area contributed by atoms with Crippen molar-refractivity contribution in [2.45, 2.75) is 6.92 Å². The van der Waals surface area contributed by atoms with Crippen LogP contribution in [-0.4, -0.2) is 15.9 Å². The van der Waals surface area contributed by atoms with E-state index in [4.69, 9.17) is 0 Å². The van der Waals surface area contributed by atoms with Crippen molar-refractivity contribution in [1.82, 2.24) is 4.98 Å². The normalized spacial score (nSPS) is 13.9. The lowest BCUT2D eigenvalue weighted by atomic mass is 9.99. The van der Waals surface area contributed by atoms with Crippen LogP contribution < -0.4 is 0 Å². The van der Waals surface area contributed by atoms with Gasteiger partial charge in [0.15, 0.2) is 5.78 Å². The third-order valence-corrected chi connectivity index (χ3v) is 3.18. The molecule has 0 radical (unpaired) electrons. The van der Waals surface area contributed by atoms with E-state index in [1.165, 1.54) is 0 Å². The van der Waals surface area contributed by atoms with Crippen molar-refractivity contribution >= 4 is 17.1 Å².